The number of alkyl carbamates (subject to hydrolysis) is 1. The first-order valence-corrected chi connectivity index (χ1v) is 10.2. The van der Waals surface area contributed by atoms with Crippen molar-refractivity contribution in [3.63, 3.8) is 0 Å². The fourth-order valence-electron chi connectivity index (χ4n) is 4.08. The van der Waals surface area contributed by atoms with E-state index < -0.39 is 17.5 Å². The molecule has 31 heavy (non-hydrogen) atoms. The molecule has 1 unspecified atom stereocenters. The molecule has 0 saturated carbocycles. The number of nitrogens with zero attached hydrogens (tertiary/aromatic N) is 1. The largest absolute Gasteiger partial charge is 0.481 e. The Hall–Kier alpha value is -3.67. The number of carbonyl (C=O) groups excluding carboxylic acids is 1. The monoisotopic (exact) mass is 416 g/mol. The number of aromatic nitrogens is 1. The summed E-state index contributed by atoms with van der Waals surface area (Å²) in [6, 6.07) is 19.8. The van der Waals surface area contributed by atoms with Crippen molar-refractivity contribution in [3.8, 4) is 11.1 Å². The van der Waals surface area contributed by atoms with Gasteiger partial charge in [-0.15, -0.1) is 0 Å². The van der Waals surface area contributed by atoms with Gasteiger partial charge in [-0.25, -0.2) is 4.79 Å². The molecule has 0 spiro atoms. The van der Waals surface area contributed by atoms with Crippen LogP contribution >= 0.6 is 0 Å². The Kier molecular flexibility index (Phi) is 5.71. The van der Waals surface area contributed by atoms with Crippen LogP contribution in [-0.2, 0) is 16.0 Å². The van der Waals surface area contributed by atoms with Crippen LogP contribution in [0.15, 0.2) is 73.1 Å². The molecule has 1 atom stereocenters. The summed E-state index contributed by atoms with van der Waals surface area (Å²) >= 11 is 0. The molecule has 0 radical (unpaired) electrons. The van der Waals surface area contributed by atoms with Gasteiger partial charge in [-0.1, -0.05) is 48.5 Å². The molecule has 1 aromatic heterocycles. The van der Waals surface area contributed by atoms with E-state index in [9.17, 15) is 14.7 Å². The minimum atomic E-state index is -1.16. The number of hydrogen-bond donors (Lipinski definition) is 2. The number of benzene rings is 2. The van der Waals surface area contributed by atoms with Gasteiger partial charge in [0.2, 0.25) is 0 Å². The van der Waals surface area contributed by atoms with Crippen molar-refractivity contribution in [2.75, 3.05) is 13.2 Å². The highest BCUT2D eigenvalue weighted by Gasteiger charge is 2.34. The number of fused-ring (bicyclic) bond motifs is 3. The van der Waals surface area contributed by atoms with Gasteiger partial charge in [0.25, 0.3) is 0 Å². The summed E-state index contributed by atoms with van der Waals surface area (Å²) in [5.41, 5.74) is 4.25. The van der Waals surface area contributed by atoms with Crippen LogP contribution in [0.4, 0.5) is 4.79 Å². The number of ether oxygens (including phenoxy) is 1. The van der Waals surface area contributed by atoms with E-state index in [1.165, 1.54) is 0 Å². The lowest BCUT2D eigenvalue weighted by atomic mass is 9.84. The van der Waals surface area contributed by atoms with Crippen LogP contribution < -0.4 is 5.32 Å². The molecule has 2 N–H and O–H groups in total. The lowest BCUT2D eigenvalue weighted by Crippen LogP contribution is -2.43. The molecule has 158 valence electrons. The molecule has 0 bridgehead atoms. The molecule has 1 aliphatic rings. The molecule has 1 amide bonds. The van der Waals surface area contributed by atoms with E-state index in [1.807, 2.05) is 24.3 Å². The van der Waals surface area contributed by atoms with Gasteiger partial charge < -0.3 is 15.2 Å². The highest BCUT2D eigenvalue weighted by atomic mass is 16.5. The zero-order valence-corrected chi connectivity index (χ0v) is 17.2. The third kappa shape index (κ3) is 4.28. The normalized spacial score (nSPS) is 14.2. The van der Waals surface area contributed by atoms with E-state index in [4.69, 9.17) is 4.74 Å². The molecule has 4 rings (SSSR count). The first-order valence-electron chi connectivity index (χ1n) is 10.2. The van der Waals surface area contributed by atoms with E-state index in [-0.39, 0.29) is 25.5 Å². The Morgan fingerprint density at radius 3 is 2.16 bits per heavy atom. The minimum Gasteiger partial charge on any atom is -0.481 e. The number of pyridine rings is 1. The van der Waals surface area contributed by atoms with E-state index in [1.54, 1.807) is 31.5 Å². The van der Waals surface area contributed by atoms with Crippen LogP contribution in [-0.4, -0.2) is 35.3 Å². The first kappa shape index (κ1) is 20.6. The highest BCUT2D eigenvalue weighted by molar-refractivity contribution is 5.79. The number of aliphatic carboxylic acids is 1. The van der Waals surface area contributed by atoms with Gasteiger partial charge in [0.05, 0.1) is 5.41 Å². The number of hydrogen-bond acceptors (Lipinski definition) is 4. The Morgan fingerprint density at radius 1 is 1.00 bits per heavy atom. The quantitative estimate of drug-likeness (QED) is 0.601. The minimum absolute atomic E-state index is 0.0403. The van der Waals surface area contributed by atoms with Crippen LogP contribution in [0.2, 0.25) is 0 Å². The maximum Gasteiger partial charge on any atom is 0.407 e. The predicted molar refractivity (Wildman–Crippen MR) is 117 cm³/mol. The summed E-state index contributed by atoms with van der Waals surface area (Å²) < 4.78 is 5.51. The molecule has 2 aromatic carbocycles. The summed E-state index contributed by atoms with van der Waals surface area (Å²) in [4.78, 5) is 28.2. The Balaban J connectivity index is 1.40. The zero-order valence-electron chi connectivity index (χ0n) is 17.2. The van der Waals surface area contributed by atoms with Crippen LogP contribution in [0.3, 0.4) is 0 Å². The average Bonchev–Trinajstić information content (AvgIpc) is 3.11. The van der Waals surface area contributed by atoms with Gasteiger partial charge in [-0.2, -0.15) is 0 Å². The third-order valence-electron chi connectivity index (χ3n) is 5.83. The van der Waals surface area contributed by atoms with Gasteiger partial charge in [0.15, 0.2) is 0 Å². The molecule has 0 fully saturated rings. The molecule has 6 heteroatoms. The maximum atomic E-state index is 12.4. The van der Waals surface area contributed by atoms with Crippen molar-refractivity contribution >= 4 is 12.1 Å². The summed E-state index contributed by atoms with van der Waals surface area (Å²) in [5.74, 6) is -1.02. The fourth-order valence-corrected chi connectivity index (χ4v) is 4.08. The van der Waals surface area contributed by atoms with Gasteiger partial charge in [0, 0.05) is 24.9 Å². The maximum absolute atomic E-state index is 12.4. The number of amides is 1. The van der Waals surface area contributed by atoms with Crippen molar-refractivity contribution in [2.45, 2.75) is 19.3 Å². The Labute approximate surface area is 180 Å². The molecule has 0 aliphatic heterocycles. The second kappa shape index (κ2) is 8.60. The van der Waals surface area contributed by atoms with Crippen LogP contribution in [0.1, 0.15) is 29.5 Å². The molecule has 1 aliphatic carbocycles. The predicted octanol–water partition coefficient (Wildman–Crippen LogP) is 4.25. The summed E-state index contributed by atoms with van der Waals surface area (Å²) in [6.45, 7) is 1.76. The second-order valence-electron chi connectivity index (χ2n) is 8.08. The van der Waals surface area contributed by atoms with E-state index in [0.29, 0.717) is 0 Å². The SMILES string of the molecule is CC(CNC(=O)OCC1c2ccccc2-c2ccccc21)(Cc1ccncc1)C(=O)O. The number of carbonyl (C=O) groups is 2. The number of nitrogens with one attached hydrogen (secondary N) is 1. The molecule has 0 saturated heterocycles. The van der Waals surface area contributed by atoms with E-state index >= 15 is 0 Å². The molecular weight excluding hydrogens is 392 g/mol. The van der Waals surface area contributed by atoms with Crippen molar-refractivity contribution in [2.24, 2.45) is 5.41 Å². The van der Waals surface area contributed by atoms with Crippen molar-refractivity contribution in [1.29, 1.82) is 0 Å². The third-order valence-corrected chi connectivity index (χ3v) is 5.83. The smallest absolute Gasteiger partial charge is 0.407 e. The lowest BCUT2D eigenvalue weighted by molar-refractivity contribution is -0.147. The lowest BCUT2D eigenvalue weighted by Gasteiger charge is -2.25. The van der Waals surface area contributed by atoms with Crippen molar-refractivity contribution in [1.82, 2.24) is 10.3 Å². The van der Waals surface area contributed by atoms with E-state index in [2.05, 4.69) is 34.6 Å². The highest BCUT2D eigenvalue weighted by Crippen LogP contribution is 2.44. The summed E-state index contributed by atoms with van der Waals surface area (Å²) in [5, 5.41) is 12.4. The standard InChI is InChI=1S/C25H24N2O4/c1-25(23(28)29,14-17-10-12-26-13-11-17)16-27-24(30)31-15-22-20-8-4-2-6-18(20)19-7-3-5-9-21(19)22/h2-13,22H,14-16H2,1H3,(H,27,30)(H,28,29). The zero-order chi connectivity index (χ0) is 21.8. The van der Waals surface area contributed by atoms with Gasteiger partial charge in [-0.05, 0) is 53.3 Å². The number of carboxylic acid groups (broad SMARTS) is 1. The fraction of sp³-hybridized carbons (Fsp3) is 0.240. The molecular formula is C25H24N2O4. The van der Waals surface area contributed by atoms with Gasteiger partial charge in [-0.3, -0.25) is 9.78 Å². The van der Waals surface area contributed by atoms with E-state index in [0.717, 1.165) is 27.8 Å². The van der Waals surface area contributed by atoms with Crippen molar-refractivity contribution < 1.29 is 19.4 Å². The molecule has 6 nitrogen and oxygen atoms in total. The Bertz CT molecular complexity index is 1050. The van der Waals surface area contributed by atoms with Crippen LogP contribution in [0, 0.1) is 5.41 Å². The Morgan fingerprint density at radius 2 is 1.58 bits per heavy atom. The summed E-state index contributed by atoms with van der Waals surface area (Å²) in [7, 11) is 0. The second-order valence-corrected chi connectivity index (χ2v) is 8.08. The topological polar surface area (TPSA) is 88.5 Å². The number of carboxylic acids is 1. The summed E-state index contributed by atoms with van der Waals surface area (Å²) in [6.07, 6.45) is 2.89. The number of rotatable bonds is 7. The van der Waals surface area contributed by atoms with Crippen LogP contribution in [0.5, 0.6) is 0 Å². The van der Waals surface area contributed by atoms with Crippen molar-refractivity contribution in [3.05, 3.63) is 89.7 Å². The van der Waals surface area contributed by atoms with Gasteiger partial charge in [0.1, 0.15) is 6.61 Å². The van der Waals surface area contributed by atoms with Gasteiger partial charge >= 0.3 is 12.1 Å². The molecule has 1 heterocycles. The van der Waals surface area contributed by atoms with Crippen LogP contribution in [0.25, 0.3) is 11.1 Å². The average molecular weight is 416 g/mol. The molecule has 3 aromatic rings. The first-order chi connectivity index (χ1) is 15.0.